The first-order valence-electron chi connectivity index (χ1n) is 4.89. The van der Waals surface area contributed by atoms with Crippen LogP contribution < -0.4 is 4.74 Å². The van der Waals surface area contributed by atoms with Gasteiger partial charge < -0.3 is 9.84 Å². The second-order valence-corrected chi connectivity index (χ2v) is 3.42. The van der Waals surface area contributed by atoms with Crippen LogP contribution in [0.15, 0.2) is 24.4 Å². The van der Waals surface area contributed by atoms with E-state index in [4.69, 9.17) is 9.84 Å². The minimum Gasteiger partial charge on any atom is -0.497 e. The van der Waals surface area contributed by atoms with Gasteiger partial charge in [-0.1, -0.05) is 0 Å². The SMILES string of the molecule is COc1ccnc(-c2cc(C(=O)O)n(C)n2)c1. The highest BCUT2D eigenvalue weighted by atomic mass is 16.5. The highest BCUT2D eigenvalue weighted by Crippen LogP contribution is 2.20. The molecular formula is C11H11N3O3. The molecule has 0 saturated heterocycles. The quantitative estimate of drug-likeness (QED) is 0.861. The smallest absolute Gasteiger partial charge is 0.354 e. The molecule has 0 aliphatic heterocycles. The van der Waals surface area contributed by atoms with E-state index in [2.05, 4.69) is 10.1 Å². The van der Waals surface area contributed by atoms with Gasteiger partial charge in [-0.2, -0.15) is 5.10 Å². The third kappa shape index (κ3) is 2.10. The molecule has 6 heteroatoms. The summed E-state index contributed by atoms with van der Waals surface area (Å²) < 4.78 is 6.37. The number of ether oxygens (including phenoxy) is 1. The molecule has 0 atom stereocenters. The molecule has 0 radical (unpaired) electrons. The van der Waals surface area contributed by atoms with Gasteiger partial charge in [-0.15, -0.1) is 0 Å². The van der Waals surface area contributed by atoms with Crippen molar-refractivity contribution in [3.8, 4) is 17.1 Å². The van der Waals surface area contributed by atoms with Crippen LogP contribution in [0.5, 0.6) is 5.75 Å². The molecule has 2 aromatic rings. The van der Waals surface area contributed by atoms with Crippen LogP contribution in [-0.4, -0.2) is 33.0 Å². The lowest BCUT2D eigenvalue weighted by Crippen LogP contribution is -2.04. The highest BCUT2D eigenvalue weighted by Gasteiger charge is 2.13. The molecule has 0 spiro atoms. The van der Waals surface area contributed by atoms with Gasteiger partial charge >= 0.3 is 5.97 Å². The van der Waals surface area contributed by atoms with Crippen LogP contribution >= 0.6 is 0 Å². The topological polar surface area (TPSA) is 77.2 Å². The maximum absolute atomic E-state index is 10.9. The molecule has 0 aromatic carbocycles. The Morgan fingerprint density at radius 2 is 2.18 bits per heavy atom. The Hall–Kier alpha value is -2.37. The average molecular weight is 233 g/mol. The van der Waals surface area contributed by atoms with Crippen LogP contribution in [-0.2, 0) is 7.05 Å². The summed E-state index contributed by atoms with van der Waals surface area (Å²) in [5, 5.41) is 13.0. The molecule has 0 bridgehead atoms. The fraction of sp³-hybridized carbons (Fsp3) is 0.182. The first kappa shape index (κ1) is 11.1. The molecule has 0 fully saturated rings. The van der Waals surface area contributed by atoms with Crippen molar-refractivity contribution in [1.29, 1.82) is 0 Å². The molecule has 6 nitrogen and oxygen atoms in total. The number of aromatic nitrogens is 3. The number of aryl methyl sites for hydroxylation is 1. The van der Waals surface area contributed by atoms with E-state index in [-0.39, 0.29) is 5.69 Å². The van der Waals surface area contributed by atoms with Crippen molar-refractivity contribution in [2.75, 3.05) is 7.11 Å². The molecule has 0 amide bonds. The molecule has 2 rings (SSSR count). The van der Waals surface area contributed by atoms with E-state index in [1.54, 1.807) is 32.5 Å². The summed E-state index contributed by atoms with van der Waals surface area (Å²) in [7, 11) is 3.13. The number of rotatable bonds is 3. The van der Waals surface area contributed by atoms with Gasteiger partial charge in [0.2, 0.25) is 0 Å². The van der Waals surface area contributed by atoms with E-state index in [1.165, 1.54) is 10.7 Å². The van der Waals surface area contributed by atoms with Crippen LogP contribution in [0, 0.1) is 0 Å². The lowest BCUT2D eigenvalue weighted by Gasteiger charge is -2.00. The number of carboxylic acid groups (broad SMARTS) is 1. The molecule has 0 aliphatic rings. The maximum atomic E-state index is 10.9. The molecule has 1 N–H and O–H groups in total. The van der Waals surface area contributed by atoms with Gasteiger partial charge in [-0.25, -0.2) is 4.79 Å². The van der Waals surface area contributed by atoms with Crippen molar-refractivity contribution < 1.29 is 14.6 Å². The third-order valence-electron chi connectivity index (χ3n) is 2.33. The van der Waals surface area contributed by atoms with Crippen LogP contribution in [0.4, 0.5) is 0 Å². The summed E-state index contributed by atoms with van der Waals surface area (Å²) in [4.78, 5) is 15.0. The van der Waals surface area contributed by atoms with Gasteiger partial charge in [0.15, 0.2) is 0 Å². The van der Waals surface area contributed by atoms with E-state index < -0.39 is 5.97 Å². The van der Waals surface area contributed by atoms with Gasteiger partial charge in [0.25, 0.3) is 0 Å². The van der Waals surface area contributed by atoms with Gasteiger partial charge in [-0.3, -0.25) is 9.67 Å². The van der Waals surface area contributed by atoms with E-state index in [1.807, 2.05) is 0 Å². The van der Waals surface area contributed by atoms with Gasteiger partial charge in [-0.05, 0) is 6.07 Å². The minimum absolute atomic E-state index is 0.115. The van der Waals surface area contributed by atoms with Crippen molar-refractivity contribution in [2.45, 2.75) is 0 Å². The van der Waals surface area contributed by atoms with Crippen molar-refractivity contribution in [1.82, 2.24) is 14.8 Å². The second kappa shape index (κ2) is 4.25. The predicted molar refractivity (Wildman–Crippen MR) is 60.0 cm³/mol. The summed E-state index contributed by atoms with van der Waals surface area (Å²) in [6, 6.07) is 4.89. The lowest BCUT2D eigenvalue weighted by atomic mass is 10.2. The number of carboxylic acids is 1. The molecule has 2 heterocycles. The van der Waals surface area contributed by atoms with Crippen LogP contribution in [0.2, 0.25) is 0 Å². The summed E-state index contributed by atoms with van der Waals surface area (Å²) in [5.41, 5.74) is 1.20. The summed E-state index contributed by atoms with van der Waals surface area (Å²) >= 11 is 0. The Labute approximate surface area is 97.5 Å². The Bertz CT molecular complexity index is 563. The summed E-state index contributed by atoms with van der Waals surface area (Å²) in [6.45, 7) is 0. The van der Waals surface area contributed by atoms with E-state index in [9.17, 15) is 4.79 Å². The zero-order chi connectivity index (χ0) is 12.4. The number of pyridine rings is 1. The first-order valence-corrected chi connectivity index (χ1v) is 4.89. The number of hydrogen-bond acceptors (Lipinski definition) is 4. The lowest BCUT2D eigenvalue weighted by molar-refractivity contribution is 0.0685. The van der Waals surface area contributed by atoms with E-state index in [0.717, 1.165) is 0 Å². The molecule has 0 unspecified atom stereocenters. The molecule has 88 valence electrons. The first-order chi connectivity index (χ1) is 8.11. The fourth-order valence-corrected chi connectivity index (χ4v) is 1.47. The van der Waals surface area contributed by atoms with Crippen LogP contribution in [0.3, 0.4) is 0 Å². The van der Waals surface area contributed by atoms with Gasteiger partial charge in [0, 0.05) is 25.4 Å². The number of nitrogens with zero attached hydrogens (tertiary/aromatic N) is 3. The minimum atomic E-state index is -1.02. The van der Waals surface area contributed by atoms with Crippen molar-refractivity contribution >= 4 is 5.97 Å². The largest absolute Gasteiger partial charge is 0.497 e. The number of methoxy groups -OCH3 is 1. The van der Waals surface area contributed by atoms with Gasteiger partial charge in [0.05, 0.1) is 12.8 Å². The van der Waals surface area contributed by atoms with Crippen molar-refractivity contribution in [3.05, 3.63) is 30.1 Å². The number of hydrogen-bond donors (Lipinski definition) is 1. The maximum Gasteiger partial charge on any atom is 0.354 e. The fourth-order valence-electron chi connectivity index (χ4n) is 1.47. The summed E-state index contributed by atoms with van der Waals surface area (Å²) in [5.74, 6) is -0.369. The standard InChI is InChI=1S/C11H11N3O3/c1-14-10(11(15)16)6-9(13-14)8-5-7(17-2)3-4-12-8/h3-6H,1-2H3,(H,15,16). The number of carbonyl (C=O) groups is 1. The Morgan fingerprint density at radius 1 is 1.41 bits per heavy atom. The summed E-state index contributed by atoms with van der Waals surface area (Å²) in [6.07, 6.45) is 1.59. The monoisotopic (exact) mass is 233 g/mol. The molecule has 2 aromatic heterocycles. The van der Waals surface area contributed by atoms with Crippen molar-refractivity contribution in [3.63, 3.8) is 0 Å². The van der Waals surface area contributed by atoms with E-state index >= 15 is 0 Å². The van der Waals surface area contributed by atoms with E-state index in [0.29, 0.717) is 17.1 Å². The third-order valence-corrected chi connectivity index (χ3v) is 2.33. The zero-order valence-electron chi connectivity index (χ0n) is 9.41. The Morgan fingerprint density at radius 3 is 2.76 bits per heavy atom. The second-order valence-electron chi connectivity index (χ2n) is 3.42. The molecular weight excluding hydrogens is 222 g/mol. The van der Waals surface area contributed by atoms with Crippen LogP contribution in [0.25, 0.3) is 11.4 Å². The average Bonchev–Trinajstić information content (AvgIpc) is 2.71. The molecule has 0 aliphatic carbocycles. The molecule has 17 heavy (non-hydrogen) atoms. The Kier molecular flexibility index (Phi) is 2.78. The van der Waals surface area contributed by atoms with Crippen molar-refractivity contribution in [2.24, 2.45) is 7.05 Å². The zero-order valence-corrected chi connectivity index (χ0v) is 9.41. The normalized spacial score (nSPS) is 10.2. The number of aromatic carboxylic acids is 1. The van der Waals surface area contributed by atoms with Crippen LogP contribution in [0.1, 0.15) is 10.5 Å². The Balaban J connectivity index is 2.46. The van der Waals surface area contributed by atoms with Gasteiger partial charge in [0.1, 0.15) is 17.1 Å². The molecule has 0 saturated carbocycles. The predicted octanol–water partition coefficient (Wildman–Crippen LogP) is 1.19. The highest BCUT2D eigenvalue weighted by molar-refractivity contribution is 5.87.